The molecule has 0 saturated carbocycles. The van der Waals surface area contributed by atoms with Crippen LogP contribution in [-0.2, 0) is 4.79 Å². The van der Waals surface area contributed by atoms with E-state index in [-0.39, 0.29) is 0 Å². The summed E-state index contributed by atoms with van der Waals surface area (Å²) < 4.78 is 0. The van der Waals surface area contributed by atoms with E-state index in [1.165, 1.54) is 32.1 Å². The van der Waals surface area contributed by atoms with Crippen LogP contribution in [0.4, 0.5) is 0 Å². The summed E-state index contributed by atoms with van der Waals surface area (Å²) in [6.45, 7) is 9.51. The molecule has 0 aromatic carbocycles. The Balaban J connectivity index is 2.03. The largest absolute Gasteiger partial charge is 0.340 e. The first kappa shape index (κ1) is 15.5. The minimum absolute atomic E-state index is 0.376. The zero-order valence-electron chi connectivity index (χ0n) is 12.3. The normalized spacial score (nSPS) is 17.1. The number of nitrogens with zero attached hydrogens (tertiary/aromatic N) is 2. The maximum Gasteiger partial charge on any atom is 0.222 e. The number of hydrogen-bond donors (Lipinski definition) is 0. The molecule has 0 spiro atoms. The van der Waals surface area contributed by atoms with Crippen LogP contribution in [0, 0.1) is 0 Å². The van der Waals surface area contributed by atoms with E-state index in [1.54, 1.807) is 0 Å². The molecule has 0 aromatic rings. The SMILES string of the molecule is CCCCCCCCC(=O)N1CCN(CC)CC1. The second-order valence-corrected chi connectivity index (χ2v) is 5.33. The Kier molecular flexibility index (Phi) is 8.06. The summed E-state index contributed by atoms with van der Waals surface area (Å²) in [5, 5.41) is 0. The van der Waals surface area contributed by atoms with Crippen molar-refractivity contribution < 1.29 is 4.79 Å². The van der Waals surface area contributed by atoms with Gasteiger partial charge in [0.15, 0.2) is 0 Å². The van der Waals surface area contributed by atoms with Crippen LogP contribution in [0.25, 0.3) is 0 Å². The Bertz CT molecular complexity index is 223. The van der Waals surface area contributed by atoms with Crippen molar-refractivity contribution in [3.05, 3.63) is 0 Å². The Morgan fingerprint density at radius 1 is 0.889 bits per heavy atom. The third-order valence-corrected chi connectivity index (χ3v) is 3.92. The zero-order chi connectivity index (χ0) is 13.2. The summed E-state index contributed by atoms with van der Waals surface area (Å²) >= 11 is 0. The Morgan fingerprint density at radius 2 is 1.50 bits per heavy atom. The van der Waals surface area contributed by atoms with Crippen LogP contribution >= 0.6 is 0 Å². The molecule has 0 unspecified atom stereocenters. The number of carbonyl (C=O) groups is 1. The molecule has 3 heteroatoms. The number of likely N-dealkylation sites (N-methyl/N-ethyl adjacent to an activating group) is 1. The number of amides is 1. The lowest BCUT2D eigenvalue weighted by Gasteiger charge is -2.34. The summed E-state index contributed by atoms with van der Waals surface area (Å²) in [4.78, 5) is 16.5. The van der Waals surface area contributed by atoms with Gasteiger partial charge in [-0.2, -0.15) is 0 Å². The van der Waals surface area contributed by atoms with Crippen molar-refractivity contribution in [3.63, 3.8) is 0 Å². The predicted octanol–water partition coefficient (Wildman–Crippen LogP) is 2.90. The minimum atomic E-state index is 0.376. The van der Waals surface area contributed by atoms with Crippen molar-refractivity contribution in [3.8, 4) is 0 Å². The average Bonchev–Trinajstić information content (AvgIpc) is 2.42. The van der Waals surface area contributed by atoms with E-state index in [2.05, 4.69) is 23.6 Å². The van der Waals surface area contributed by atoms with Crippen LogP contribution in [0.5, 0.6) is 0 Å². The molecule has 0 radical (unpaired) electrons. The highest BCUT2D eigenvalue weighted by Gasteiger charge is 2.19. The fraction of sp³-hybridized carbons (Fsp3) is 0.933. The molecule has 18 heavy (non-hydrogen) atoms. The summed E-state index contributed by atoms with van der Waals surface area (Å²) in [6.07, 6.45) is 8.33. The number of unbranched alkanes of at least 4 members (excludes halogenated alkanes) is 5. The highest BCUT2D eigenvalue weighted by Crippen LogP contribution is 2.09. The van der Waals surface area contributed by atoms with E-state index in [0.717, 1.165) is 45.6 Å². The van der Waals surface area contributed by atoms with Crippen LogP contribution in [0.2, 0.25) is 0 Å². The summed E-state index contributed by atoms with van der Waals surface area (Å²) in [7, 11) is 0. The highest BCUT2D eigenvalue weighted by atomic mass is 16.2. The van der Waals surface area contributed by atoms with Crippen LogP contribution < -0.4 is 0 Å². The molecule has 1 fully saturated rings. The van der Waals surface area contributed by atoms with Gasteiger partial charge >= 0.3 is 0 Å². The molecular formula is C15H30N2O. The van der Waals surface area contributed by atoms with Crippen molar-refractivity contribution in [2.24, 2.45) is 0 Å². The van der Waals surface area contributed by atoms with Crippen molar-refractivity contribution in [1.82, 2.24) is 9.80 Å². The summed E-state index contributed by atoms with van der Waals surface area (Å²) in [5.74, 6) is 0.376. The average molecular weight is 254 g/mol. The van der Waals surface area contributed by atoms with Crippen molar-refractivity contribution in [2.75, 3.05) is 32.7 Å². The van der Waals surface area contributed by atoms with Crippen molar-refractivity contribution >= 4 is 5.91 Å². The molecule has 1 aliphatic rings. The Labute approximate surface area is 113 Å². The number of carbonyl (C=O) groups excluding carboxylic acids is 1. The van der Waals surface area contributed by atoms with Gasteiger partial charge in [-0.15, -0.1) is 0 Å². The molecule has 0 aromatic heterocycles. The van der Waals surface area contributed by atoms with Crippen LogP contribution in [0.1, 0.15) is 58.8 Å². The third kappa shape index (κ3) is 5.85. The van der Waals surface area contributed by atoms with Crippen LogP contribution in [0.3, 0.4) is 0 Å². The topological polar surface area (TPSA) is 23.6 Å². The lowest BCUT2D eigenvalue weighted by atomic mass is 10.1. The summed E-state index contributed by atoms with van der Waals surface area (Å²) in [6, 6.07) is 0. The highest BCUT2D eigenvalue weighted by molar-refractivity contribution is 5.76. The molecule has 0 bridgehead atoms. The van der Waals surface area contributed by atoms with Gasteiger partial charge in [-0.05, 0) is 13.0 Å². The fourth-order valence-electron chi connectivity index (χ4n) is 2.53. The molecule has 3 nitrogen and oxygen atoms in total. The van der Waals surface area contributed by atoms with Gasteiger partial charge in [0, 0.05) is 32.6 Å². The Morgan fingerprint density at radius 3 is 2.11 bits per heavy atom. The summed E-state index contributed by atoms with van der Waals surface area (Å²) in [5.41, 5.74) is 0. The quantitative estimate of drug-likeness (QED) is 0.622. The first-order valence-electron chi connectivity index (χ1n) is 7.78. The second-order valence-electron chi connectivity index (χ2n) is 5.33. The van der Waals surface area contributed by atoms with Gasteiger partial charge in [-0.1, -0.05) is 46.0 Å². The van der Waals surface area contributed by atoms with Crippen LogP contribution in [0.15, 0.2) is 0 Å². The Hall–Kier alpha value is -0.570. The van der Waals surface area contributed by atoms with Gasteiger partial charge in [0.2, 0.25) is 5.91 Å². The van der Waals surface area contributed by atoms with Crippen LogP contribution in [-0.4, -0.2) is 48.4 Å². The number of rotatable bonds is 8. The molecule has 106 valence electrons. The monoisotopic (exact) mass is 254 g/mol. The lowest BCUT2D eigenvalue weighted by Crippen LogP contribution is -2.48. The first-order valence-corrected chi connectivity index (χ1v) is 7.78. The first-order chi connectivity index (χ1) is 8.77. The second kappa shape index (κ2) is 9.37. The predicted molar refractivity (Wildman–Crippen MR) is 76.7 cm³/mol. The van der Waals surface area contributed by atoms with Gasteiger partial charge in [-0.25, -0.2) is 0 Å². The standard InChI is InChI=1S/C15H30N2O/c1-3-5-6-7-8-9-10-15(18)17-13-11-16(4-2)12-14-17/h3-14H2,1-2H3. The fourth-order valence-corrected chi connectivity index (χ4v) is 2.53. The molecule has 1 aliphatic heterocycles. The van der Waals surface area contributed by atoms with Gasteiger partial charge in [-0.3, -0.25) is 4.79 Å². The van der Waals surface area contributed by atoms with E-state index in [0.29, 0.717) is 5.91 Å². The van der Waals surface area contributed by atoms with E-state index < -0.39 is 0 Å². The molecule has 0 aliphatic carbocycles. The number of piperazine rings is 1. The van der Waals surface area contributed by atoms with E-state index in [4.69, 9.17) is 0 Å². The molecule has 0 atom stereocenters. The van der Waals surface area contributed by atoms with Gasteiger partial charge in [0.1, 0.15) is 0 Å². The smallest absolute Gasteiger partial charge is 0.222 e. The zero-order valence-corrected chi connectivity index (χ0v) is 12.3. The lowest BCUT2D eigenvalue weighted by molar-refractivity contribution is -0.133. The molecule has 1 rings (SSSR count). The third-order valence-electron chi connectivity index (χ3n) is 3.92. The molecule has 1 heterocycles. The van der Waals surface area contributed by atoms with E-state index >= 15 is 0 Å². The van der Waals surface area contributed by atoms with Crippen molar-refractivity contribution in [2.45, 2.75) is 58.8 Å². The van der Waals surface area contributed by atoms with Gasteiger partial charge in [0.25, 0.3) is 0 Å². The maximum atomic E-state index is 12.0. The van der Waals surface area contributed by atoms with Crippen molar-refractivity contribution in [1.29, 1.82) is 0 Å². The molecule has 0 N–H and O–H groups in total. The molecule has 1 amide bonds. The van der Waals surface area contributed by atoms with E-state index in [1.807, 2.05) is 0 Å². The van der Waals surface area contributed by atoms with E-state index in [9.17, 15) is 4.79 Å². The minimum Gasteiger partial charge on any atom is -0.340 e. The maximum absolute atomic E-state index is 12.0. The number of hydrogen-bond acceptors (Lipinski definition) is 2. The molecule has 1 saturated heterocycles. The molecular weight excluding hydrogens is 224 g/mol. The van der Waals surface area contributed by atoms with Gasteiger partial charge in [0.05, 0.1) is 0 Å². The van der Waals surface area contributed by atoms with Gasteiger partial charge < -0.3 is 9.80 Å².